The monoisotopic (exact) mass is 342 g/mol. The van der Waals surface area contributed by atoms with E-state index in [1.54, 1.807) is 10.7 Å². The number of hydrogen-bond acceptors (Lipinski definition) is 4. The molecule has 2 N–H and O–H groups in total. The minimum Gasteiger partial charge on any atom is -0.379 e. The predicted molar refractivity (Wildman–Crippen MR) is 96.9 cm³/mol. The van der Waals surface area contributed by atoms with Gasteiger partial charge in [-0.2, -0.15) is 5.10 Å². The second-order valence-electron chi connectivity index (χ2n) is 7.50. The van der Waals surface area contributed by atoms with Crippen LogP contribution in [0.15, 0.2) is 30.3 Å². The molecule has 1 aliphatic heterocycles. The molecule has 0 unspecified atom stereocenters. The van der Waals surface area contributed by atoms with Gasteiger partial charge in [-0.3, -0.25) is 9.69 Å². The molecule has 1 aromatic heterocycles. The molecule has 1 aromatic carbocycles. The van der Waals surface area contributed by atoms with Gasteiger partial charge in [-0.05, 0) is 23.8 Å². The van der Waals surface area contributed by atoms with E-state index in [4.69, 9.17) is 10.5 Å². The van der Waals surface area contributed by atoms with Crippen LogP contribution in [0.2, 0.25) is 0 Å². The fourth-order valence-corrected chi connectivity index (χ4v) is 2.88. The molecule has 0 bridgehead atoms. The number of aromatic nitrogens is 2. The quantitative estimate of drug-likeness (QED) is 0.923. The first-order chi connectivity index (χ1) is 11.8. The third kappa shape index (κ3) is 4.08. The molecule has 1 fully saturated rings. The number of benzene rings is 1. The number of nitrogens with zero attached hydrogens (tertiary/aromatic N) is 3. The molecule has 0 aliphatic carbocycles. The average Bonchev–Trinajstić information content (AvgIpc) is 3.02. The molecular weight excluding hydrogens is 316 g/mol. The van der Waals surface area contributed by atoms with E-state index < -0.39 is 5.91 Å². The Bertz CT molecular complexity index is 738. The number of amides is 1. The van der Waals surface area contributed by atoms with Gasteiger partial charge in [-0.25, -0.2) is 4.68 Å². The van der Waals surface area contributed by atoms with Crippen LogP contribution in [0.25, 0.3) is 5.69 Å². The summed E-state index contributed by atoms with van der Waals surface area (Å²) < 4.78 is 7.02. The highest BCUT2D eigenvalue weighted by Crippen LogP contribution is 2.24. The van der Waals surface area contributed by atoms with E-state index in [0.717, 1.165) is 44.2 Å². The smallest absolute Gasteiger partial charge is 0.267 e. The summed E-state index contributed by atoms with van der Waals surface area (Å²) in [6.07, 6.45) is 0. The number of rotatable bonds is 4. The SMILES string of the molecule is CC(C)(C)c1cc(C(N)=O)n(-c2ccc(CN3CCOCC3)cc2)n1. The molecule has 0 atom stereocenters. The lowest BCUT2D eigenvalue weighted by Crippen LogP contribution is -2.35. The molecule has 2 heterocycles. The van der Waals surface area contributed by atoms with E-state index in [1.165, 1.54) is 5.56 Å². The van der Waals surface area contributed by atoms with Crippen LogP contribution in [0, 0.1) is 0 Å². The molecular formula is C19H26N4O2. The van der Waals surface area contributed by atoms with Crippen LogP contribution in [0.1, 0.15) is 42.5 Å². The van der Waals surface area contributed by atoms with Crippen LogP contribution < -0.4 is 5.73 Å². The summed E-state index contributed by atoms with van der Waals surface area (Å²) in [7, 11) is 0. The summed E-state index contributed by atoms with van der Waals surface area (Å²) in [5, 5.41) is 4.61. The van der Waals surface area contributed by atoms with Gasteiger partial charge in [0.15, 0.2) is 0 Å². The van der Waals surface area contributed by atoms with Gasteiger partial charge in [0.25, 0.3) is 5.91 Å². The van der Waals surface area contributed by atoms with E-state index in [9.17, 15) is 4.79 Å². The maximum atomic E-state index is 11.8. The van der Waals surface area contributed by atoms with Crippen molar-refractivity contribution in [3.8, 4) is 5.69 Å². The highest BCUT2D eigenvalue weighted by atomic mass is 16.5. The third-order valence-electron chi connectivity index (χ3n) is 4.42. The zero-order chi connectivity index (χ0) is 18.0. The number of nitrogens with two attached hydrogens (primary N) is 1. The largest absolute Gasteiger partial charge is 0.379 e. The molecule has 3 rings (SSSR count). The lowest BCUT2D eigenvalue weighted by atomic mass is 9.92. The van der Waals surface area contributed by atoms with Gasteiger partial charge in [-0.1, -0.05) is 32.9 Å². The fourth-order valence-electron chi connectivity index (χ4n) is 2.88. The summed E-state index contributed by atoms with van der Waals surface area (Å²) in [6, 6.07) is 9.91. The van der Waals surface area contributed by atoms with Gasteiger partial charge in [0, 0.05) is 25.0 Å². The summed E-state index contributed by atoms with van der Waals surface area (Å²) in [5.41, 5.74) is 8.72. The Hall–Kier alpha value is -2.18. The molecule has 6 heteroatoms. The van der Waals surface area contributed by atoms with Crippen LogP contribution in [0.5, 0.6) is 0 Å². The van der Waals surface area contributed by atoms with Crippen LogP contribution in [-0.2, 0) is 16.7 Å². The van der Waals surface area contributed by atoms with Crippen molar-refractivity contribution in [1.29, 1.82) is 0 Å². The summed E-state index contributed by atoms with van der Waals surface area (Å²) in [5.74, 6) is -0.472. The molecule has 2 aromatic rings. The third-order valence-corrected chi connectivity index (χ3v) is 4.42. The van der Waals surface area contributed by atoms with Crippen LogP contribution >= 0.6 is 0 Å². The minimum absolute atomic E-state index is 0.147. The lowest BCUT2D eigenvalue weighted by Gasteiger charge is -2.26. The van der Waals surface area contributed by atoms with Crippen molar-refractivity contribution < 1.29 is 9.53 Å². The summed E-state index contributed by atoms with van der Waals surface area (Å²) in [4.78, 5) is 14.2. The second-order valence-corrected chi connectivity index (χ2v) is 7.50. The number of carbonyl (C=O) groups excluding carboxylic acids is 1. The van der Waals surface area contributed by atoms with Crippen molar-refractivity contribution >= 4 is 5.91 Å². The molecule has 1 amide bonds. The molecule has 6 nitrogen and oxygen atoms in total. The fraction of sp³-hybridized carbons (Fsp3) is 0.474. The number of ether oxygens (including phenoxy) is 1. The summed E-state index contributed by atoms with van der Waals surface area (Å²) >= 11 is 0. The molecule has 1 saturated heterocycles. The van der Waals surface area contributed by atoms with E-state index >= 15 is 0 Å². The second kappa shape index (κ2) is 6.98. The van der Waals surface area contributed by atoms with Crippen molar-refractivity contribution in [2.75, 3.05) is 26.3 Å². The van der Waals surface area contributed by atoms with Crippen LogP contribution in [0.3, 0.4) is 0 Å². The molecule has 0 spiro atoms. The Kier molecular flexibility index (Phi) is 4.92. The van der Waals surface area contributed by atoms with Crippen molar-refractivity contribution in [2.45, 2.75) is 32.7 Å². The molecule has 134 valence electrons. The number of carbonyl (C=O) groups is 1. The first kappa shape index (κ1) is 17.6. The van der Waals surface area contributed by atoms with Crippen molar-refractivity contribution in [2.24, 2.45) is 5.73 Å². The first-order valence-electron chi connectivity index (χ1n) is 8.64. The summed E-state index contributed by atoms with van der Waals surface area (Å²) in [6.45, 7) is 10.6. The van der Waals surface area contributed by atoms with Crippen LogP contribution in [0.4, 0.5) is 0 Å². The zero-order valence-corrected chi connectivity index (χ0v) is 15.2. The number of hydrogen-bond donors (Lipinski definition) is 1. The number of primary amides is 1. The highest BCUT2D eigenvalue weighted by molar-refractivity contribution is 5.91. The predicted octanol–water partition coefficient (Wildman–Crippen LogP) is 2.10. The maximum absolute atomic E-state index is 11.8. The van der Waals surface area contributed by atoms with E-state index in [1.807, 2.05) is 12.1 Å². The highest BCUT2D eigenvalue weighted by Gasteiger charge is 2.22. The van der Waals surface area contributed by atoms with Gasteiger partial charge < -0.3 is 10.5 Å². The van der Waals surface area contributed by atoms with E-state index in [2.05, 4.69) is 42.9 Å². The van der Waals surface area contributed by atoms with Crippen LogP contribution in [-0.4, -0.2) is 46.9 Å². The van der Waals surface area contributed by atoms with Gasteiger partial charge in [0.1, 0.15) is 5.69 Å². The Morgan fingerprint density at radius 2 is 1.84 bits per heavy atom. The normalized spacial score (nSPS) is 16.1. The van der Waals surface area contributed by atoms with Gasteiger partial charge in [0.2, 0.25) is 0 Å². The molecule has 0 radical (unpaired) electrons. The average molecular weight is 342 g/mol. The Morgan fingerprint density at radius 1 is 1.20 bits per heavy atom. The minimum atomic E-state index is -0.472. The Morgan fingerprint density at radius 3 is 2.40 bits per heavy atom. The molecule has 25 heavy (non-hydrogen) atoms. The Labute approximate surface area is 148 Å². The van der Waals surface area contributed by atoms with E-state index in [0.29, 0.717) is 5.69 Å². The van der Waals surface area contributed by atoms with Gasteiger partial charge in [-0.15, -0.1) is 0 Å². The zero-order valence-electron chi connectivity index (χ0n) is 15.2. The topological polar surface area (TPSA) is 73.4 Å². The lowest BCUT2D eigenvalue weighted by molar-refractivity contribution is 0.0342. The standard InChI is InChI=1S/C19H26N4O2/c1-19(2,3)17-12-16(18(20)24)23(21-17)15-6-4-14(5-7-15)13-22-8-10-25-11-9-22/h4-7,12H,8-11,13H2,1-3H3,(H2,20,24). The molecule has 0 saturated carbocycles. The van der Waals surface area contributed by atoms with Crippen molar-refractivity contribution in [1.82, 2.24) is 14.7 Å². The van der Waals surface area contributed by atoms with Gasteiger partial charge in [0.05, 0.1) is 24.6 Å². The molecule has 1 aliphatic rings. The van der Waals surface area contributed by atoms with E-state index in [-0.39, 0.29) is 5.41 Å². The number of morpholine rings is 1. The first-order valence-corrected chi connectivity index (χ1v) is 8.64. The van der Waals surface area contributed by atoms with Crippen molar-refractivity contribution in [3.63, 3.8) is 0 Å². The van der Waals surface area contributed by atoms with Gasteiger partial charge >= 0.3 is 0 Å². The maximum Gasteiger partial charge on any atom is 0.267 e. The Balaban J connectivity index is 1.84. The van der Waals surface area contributed by atoms with Crippen molar-refractivity contribution in [3.05, 3.63) is 47.3 Å².